The largest absolute Gasteiger partial charge is 0.388 e. The molecule has 0 aromatic carbocycles. The van der Waals surface area contributed by atoms with Gasteiger partial charge >= 0.3 is 0 Å². The number of aryl methyl sites for hydroxylation is 1. The number of carbonyl (C=O) groups excluding carboxylic acids is 1. The Morgan fingerprint density at radius 2 is 2.00 bits per heavy atom. The number of nitrogens with one attached hydrogen (secondary N) is 1. The van der Waals surface area contributed by atoms with Crippen LogP contribution < -0.4 is 10.9 Å². The Balaban J connectivity index is 1.97. The van der Waals surface area contributed by atoms with Crippen LogP contribution in [0, 0.1) is 0 Å². The Bertz CT molecular complexity index is 528. The molecular formula is C15H22N2O3. The number of carbonyl (C=O) groups is 1. The van der Waals surface area contributed by atoms with Crippen LogP contribution in [0.5, 0.6) is 0 Å². The van der Waals surface area contributed by atoms with Gasteiger partial charge in [-0.2, -0.15) is 0 Å². The summed E-state index contributed by atoms with van der Waals surface area (Å²) in [6.45, 7) is 0.251. The standard InChI is InChI=1S/C15H22N2O3/c1-17-9-6-12(10-13(17)18)14(19)16-11-15(20)7-4-2-3-5-8-15/h6,9-10,20H,2-5,7-8,11H2,1H3,(H,16,19). The average molecular weight is 278 g/mol. The van der Waals surface area contributed by atoms with Crippen LogP contribution in [0.15, 0.2) is 23.1 Å². The fraction of sp³-hybridized carbons (Fsp3) is 0.600. The second-order valence-electron chi connectivity index (χ2n) is 5.69. The molecule has 5 heteroatoms. The van der Waals surface area contributed by atoms with Crippen LogP contribution in [0.3, 0.4) is 0 Å². The third-order valence-electron chi connectivity index (χ3n) is 3.98. The molecule has 0 saturated heterocycles. The average Bonchev–Trinajstić information content (AvgIpc) is 2.65. The van der Waals surface area contributed by atoms with E-state index in [9.17, 15) is 14.7 Å². The molecule has 0 radical (unpaired) electrons. The van der Waals surface area contributed by atoms with Crippen LogP contribution in [0.25, 0.3) is 0 Å². The third kappa shape index (κ3) is 3.70. The number of aliphatic hydroxyl groups is 1. The van der Waals surface area contributed by atoms with Crippen LogP contribution >= 0.6 is 0 Å². The Labute approximate surface area is 118 Å². The molecule has 1 heterocycles. The van der Waals surface area contributed by atoms with E-state index < -0.39 is 5.60 Å². The number of hydrogen-bond donors (Lipinski definition) is 2. The molecule has 110 valence electrons. The lowest BCUT2D eigenvalue weighted by Gasteiger charge is -2.26. The summed E-state index contributed by atoms with van der Waals surface area (Å²) in [6.07, 6.45) is 7.30. The number of pyridine rings is 1. The van der Waals surface area contributed by atoms with Crippen LogP contribution in [0.1, 0.15) is 48.9 Å². The quantitative estimate of drug-likeness (QED) is 0.816. The normalized spacial score (nSPS) is 18.3. The van der Waals surface area contributed by atoms with E-state index in [-0.39, 0.29) is 18.0 Å². The third-order valence-corrected chi connectivity index (χ3v) is 3.98. The van der Waals surface area contributed by atoms with Crippen LogP contribution in [0.4, 0.5) is 0 Å². The molecule has 1 aliphatic carbocycles. The van der Waals surface area contributed by atoms with E-state index in [0.29, 0.717) is 5.56 Å². The highest BCUT2D eigenvalue weighted by Gasteiger charge is 2.28. The molecule has 0 unspecified atom stereocenters. The summed E-state index contributed by atoms with van der Waals surface area (Å²) in [7, 11) is 1.64. The molecule has 5 nitrogen and oxygen atoms in total. The Hall–Kier alpha value is -1.62. The molecule has 0 aliphatic heterocycles. The summed E-state index contributed by atoms with van der Waals surface area (Å²) >= 11 is 0. The maximum absolute atomic E-state index is 12.0. The van der Waals surface area contributed by atoms with Gasteiger partial charge in [0, 0.05) is 31.4 Å². The van der Waals surface area contributed by atoms with Crippen molar-refractivity contribution in [2.45, 2.75) is 44.1 Å². The monoisotopic (exact) mass is 278 g/mol. The fourth-order valence-corrected chi connectivity index (χ4v) is 2.60. The van der Waals surface area contributed by atoms with Crippen molar-refractivity contribution < 1.29 is 9.90 Å². The summed E-state index contributed by atoms with van der Waals surface area (Å²) in [6, 6.07) is 2.92. The van der Waals surface area contributed by atoms with Crippen molar-refractivity contribution >= 4 is 5.91 Å². The zero-order valence-electron chi connectivity index (χ0n) is 11.9. The highest BCUT2D eigenvalue weighted by atomic mass is 16.3. The summed E-state index contributed by atoms with van der Waals surface area (Å²) in [5.41, 5.74) is -0.678. The molecule has 1 saturated carbocycles. The van der Waals surface area contributed by atoms with Gasteiger partial charge in [0.05, 0.1) is 5.60 Å². The summed E-state index contributed by atoms with van der Waals surface area (Å²) in [4.78, 5) is 23.5. The number of aromatic nitrogens is 1. The van der Waals surface area contributed by atoms with E-state index in [2.05, 4.69) is 5.32 Å². The van der Waals surface area contributed by atoms with Gasteiger partial charge in [-0.3, -0.25) is 9.59 Å². The van der Waals surface area contributed by atoms with E-state index in [1.807, 2.05) is 0 Å². The molecule has 1 aliphatic rings. The molecule has 0 atom stereocenters. The lowest BCUT2D eigenvalue weighted by molar-refractivity contribution is 0.0246. The Kier molecular flexibility index (Phi) is 4.60. The minimum Gasteiger partial charge on any atom is -0.388 e. The molecule has 1 aromatic heterocycles. The van der Waals surface area contributed by atoms with E-state index in [1.165, 1.54) is 10.6 Å². The van der Waals surface area contributed by atoms with Gasteiger partial charge < -0.3 is 15.0 Å². The first-order chi connectivity index (χ1) is 9.50. The minimum atomic E-state index is -0.800. The molecular weight excluding hydrogens is 256 g/mol. The van der Waals surface area contributed by atoms with Crippen molar-refractivity contribution in [1.29, 1.82) is 0 Å². The first-order valence-electron chi connectivity index (χ1n) is 7.17. The molecule has 1 fully saturated rings. The fourth-order valence-electron chi connectivity index (χ4n) is 2.60. The van der Waals surface area contributed by atoms with Crippen LogP contribution in [-0.2, 0) is 7.05 Å². The van der Waals surface area contributed by atoms with E-state index in [0.717, 1.165) is 38.5 Å². The van der Waals surface area contributed by atoms with Gasteiger partial charge in [0.15, 0.2) is 0 Å². The molecule has 1 aromatic rings. The topological polar surface area (TPSA) is 71.3 Å². The van der Waals surface area contributed by atoms with Crippen molar-refractivity contribution in [2.24, 2.45) is 7.05 Å². The smallest absolute Gasteiger partial charge is 0.251 e. The van der Waals surface area contributed by atoms with E-state index in [1.54, 1.807) is 19.3 Å². The second kappa shape index (κ2) is 6.22. The predicted molar refractivity (Wildman–Crippen MR) is 76.7 cm³/mol. The Morgan fingerprint density at radius 3 is 2.60 bits per heavy atom. The van der Waals surface area contributed by atoms with Crippen molar-refractivity contribution in [3.05, 3.63) is 34.2 Å². The van der Waals surface area contributed by atoms with Crippen LogP contribution in [0.2, 0.25) is 0 Å². The zero-order valence-corrected chi connectivity index (χ0v) is 11.9. The molecule has 2 N–H and O–H groups in total. The maximum Gasteiger partial charge on any atom is 0.251 e. The maximum atomic E-state index is 12.0. The second-order valence-corrected chi connectivity index (χ2v) is 5.69. The van der Waals surface area contributed by atoms with Gasteiger partial charge in [-0.15, -0.1) is 0 Å². The van der Waals surface area contributed by atoms with Gasteiger partial charge in [0.25, 0.3) is 11.5 Å². The zero-order chi connectivity index (χ0) is 14.6. The van der Waals surface area contributed by atoms with Crippen LogP contribution in [-0.4, -0.2) is 27.7 Å². The van der Waals surface area contributed by atoms with Crippen molar-refractivity contribution in [3.8, 4) is 0 Å². The summed E-state index contributed by atoms with van der Waals surface area (Å²) in [5.74, 6) is -0.305. The molecule has 2 rings (SSSR count). The van der Waals surface area contributed by atoms with Gasteiger partial charge in [-0.05, 0) is 18.9 Å². The molecule has 0 spiro atoms. The van der Waals surface area contributed by atoms with Gasteiger partial charge in [-0.25, -0.2) is 0 Å². The minimum absolute atomic E-state index is 0.217. The van der Waals surface area contributed by atoms with Crippen molar-refractivity contribution in [3.63, 3.8) is 0 Å². The number of nitrogens with zero attached hydrogens (tertiary/aromatic N) is 1. The highest BCUT2D eigenvalue weighted by molar-refractivity contribution is 5.94. The predicted octanol–water partition coefficient (Wildman–Crippen LogP) is 1.20. The molecule has 1 amide bonds. The summed E-state index contributed by atoms with van der Waals surface area (Å²) < 4.78 is 1.41. The number of rotatable bonds is 3. The SMILES string of the molecule is Cn1ccc(C(=O)NCC2(O)CCCCCC2)cc1=O. The van der Waals surface area contributed by atoms with Gasteiger partial charge in [0.2, 0.25) is 0 Å². The lowest BCUT2D eigenvalue weighted by Crippen LogP contribution is -2.42. The highest BCUT2D eigenvalue weighted by Crippen LogP contribution is 2.26. The number of hydrogen-bond acceptors (Lipinski definition) is 3. The first kappa shape index (κ1) is 14.8. The first-order valence-corrected chi connectivity index (χ1v) is 7.17. The van der Waals surface area contributed by atoms with Gasteiger partial charge in [0.1, 0.15) is 0 Å². The molecule has 20 heavy (non-hydrogen) atoms. The van der Waals surface area contributed by atoms with E-state index >= 15 is 0 Å². The summed E-state index contributed by atoms with van der Waals surface area (Å²) in [5, 5.41) is 13.2. The van der Waals surface area contributed by atoms with Crippen molar-refractivity contribution in [1.82, 2.24) is 9.88 Å². The molecule has 0 bridgehead atoms. The van der Waals surface area contributed by atoms with E-state index in [4.69, 9.17) is 0 Å². The Morgan fingerprint density at radius 1 is 1.35 bits per heavy atom. The number of amides is 1. The lowest BCUT2D eigenvalue weighted by atomic mass is 9.94. The van der Waals surface area contributed by atoms with Crippen molar-refractivity contribution in [2.75, 3.05) is 6.54 Å². The van der Waals surface area contributed by atoms with Gasteiger partial charge in [-0.1, -0.05) is 25.7 Å².